The van der Waals surface area contributed by atoms with Gasteiger partial charge in [-0.15, -0.1) is 0 Å². The van der Waals surface area contributed by atoms with E-state index in [9.17, 15) is 19.7 Å². The normalized spacial score (nSPS) is 10.8. The standard InChI is InChI=1S/C15H19NO7/c1-9(17)10-6-12(21-5)13(7-11(10)16(19)20)22-8-14(18)23-15(2,3)4/h6-7H,8H2,1-5H3. The fraction of sp³-hybridized carbons (Fsp3) is 0.467. The molecule has 0 radical (unpaired) electrons. The predicted molar refractivity (Wildman–Crippen MR) is 81.0 cm³/mol. The molecule has 0 N–H and O–H groups in total. The second-order valence-electron chi connectivity index (χ2n) is 5.71. The van der Waals surface area contributed by atoms with Crippen LogP contribution < -0.4 is 9.47 Å². The van der Waals surface area contributed by atoms with E-state index in [-0.39, 0.29) is 17.1 Å². The lowest BCUT2D eigenvalue weighted by Crippen LogP contribution is -2.27. The molecular formula is C15H19NO7. The van der Waals surface area contributed by atoms with E-state index in [4.69, 9.17) is 14.2 Å². The van der Waals surface area contributed by atoms with Crippen LogP contribution in [0.25, 0.3) is 0 Å². The van der Waals surface area contributed by atoms with Gasteiger partial charge < -0.3 is 14.2 Å². The van der Waals surface area contributed by atoms with Gasteiger partial charge in [-0.2, -0.15) is 0 Å². The molecule has 0 fully saturated rings. The number of benzene rings is 1. The lowest BCUT2D eigenvalue weighted by atomic mass is 10.1. The summed E-state index contributed by atoms with van der Waals surface area (Å²) in [6, 6.07) is 2.27. The van der Waals surface area contributed by atoms with Crippen LogP contribution in [0.3, 0.4) is 0 Å². The number of rotatable bonds is 6. The molecule has 0 aliphatic carbocycles. The number of ether oxygens (including phenoxy) is 3. The monoisotopic (exact) mass is 325 g/mol. The van der Waals surface area contributed by atoms with Crippen LogP contribution in [-0.4, -0.2) is 36.0 Å². The number of hydrogen-bond donors (Lipinski definition) is 0. The summed E-state index contributed by atoms with van der Waals surface area (Å²) in [7, 11) is 1.32. The molecule has 0 spiro atoms. The maximum absolute atomic E-state index is 11.6. The van der Waals surface area contributed by atoms with Crippen LogP contribution in [0.4, 0.5) is 5.69 Å². The van der Waals surface area contributed by atoms with Crippen LogP contribution in [-0.2, 0) is 9.53 Å². The molecule has 0 heterocycles. The Bertz CT molecular complexity index is 631. The zero-order valence-corrected chi connectivity index (χ0v) is 13.7. The second-order valence-corrected chi connectivity index (χ2v) is 5.71. The molecule has 0 saturated heterocycles. The van der Waals surface area contributed by atoms with Crippen molar-refractivity contribution in [2.24, 2.45) is 0 Å². The SMILES string of the molecule is COc1cc(C(C)=O)c([N+](=O)[O-])cc1OCC(=O)OC(C)(C)C. The van der Waals surface area contributed by atoms with Crippen LogP contribution in [0.5, 0.6) is 11.5 Å². The lowest BCUT2D eigenvalue weighted by molar-refractivity contribution is -0.385. The number of nitrogens with zero attached hydrogens (tertiary/aromatic N) is 1. The molecule has 1 aromatic carbocycles. The number of esters is 1. The number of nitro benzene ring substituents is 1. The Kier molecular flexibility index (Phi) is 5.67. The quantitative estimate of drug-likeness (QED) is 0.342. The maximum atomic E-state index is 11.6. The summed E-state index contributed by atoms with van der Waals surface area (Å²) < 4.78 is 15.4. The molecule has 1 rings (SSSR count). The summed E-state index contributed by atoms with van der Waals surface area (Å²) in [6.45, 7) is 5.89. The van der Waals surface area contributed by atoms with Gasteiger partial charge in [-0.05, 0) is 27.7 Å². The van der Waals surface area contributed by atoms with Crippen molar-refractivity contribution in [1.82, 2.24) is 0 Å². The van der Waals surface area contributed by atoms with Crippen molar-refractivity contribution >= 4 is 17.4 Å². The molecule has 0 atom stereocenters. The Morgan fingerprint density at radius 1 is 1.22 bits per heavy atom. The minimum Gasteiger partial charge on any atom is -0.493 e. The summed E-state index contributed by atoms with van der Waals surface area (Å²) in [5.41, 5.74) is -1.19. The van der Waals surface area contributed by atoms with Crippen molar-refractivity contribution in [2.75, 3.05) is 13.7 Å². The first-order chi connectivity index (χ1) is 10.5. The predicted octanol–water partition coefficient (Wildman–Crippen LogP) is 2.53. The van der Waals surface area contributed by atoms with E-state index in [0.717, 1.165) is 6.07 Å². The van der Waals surface area contributed by atoms with E-state index < -0.39 is 34.6 Å². The molecular weight excluding hydrogens is 306 g/mol. The van der Waals surface area contributed by atoms with Gasteiger partial charge in [0.15, 0.2) is 23.9 Å². The zero-order valence-electron chi connectivity index (χ0n) is 13.7. The molecule has 0 unspecified atom stereocenters. The molecule has 0 aliphatic rings. The van der Waals surface area contributed by atoms with Crippen LogP contribution in [0, 0.1) is 10.1 Å². The summed E-state index contributed by atoms with van der Waals surface area (Å²) in [6.07, 6.45) is 0. The van der Waals surface area contributed by atoms with Crippen LogP contribution in [0.1, 0.15) is 38.1 Å². The Labute approximate surface area is 133 Å². The van der Waals surface area contributed by atoms with E-state index in [1.165, 1.54) is 20.1 Å². The van der Waals surface area contributed by atoms with Crippen molar-refractivity contribution in [3.63, 3.8) is 0 Å². The van der Waals surface area contributed by atoms with Gasteiger partial charge in [-0.1, -0.05) is 0 Å². The van der Waals surface area contributed by atoms with E-state index in [0.29, 0.717) is 0 Å². The summed E-state index contributed by atoms with van der Waals surface area (Å²) in [4.78, 5) is 33.5. The highest BCUT2D eigenvalue weighted by molar-refractivity contribution is 5.99. The van der Waals surface area contributed by atoms with Crippen molar-refractivity contribution in [1.29, 1.82) is 0 Å². The third-order valence-corrected chi connectivity index (χ3v) is 2.62. The highest BCUT2D eigenvalue weighted by Gasteiger charge is 2.23. The fourth-order valence-corrected chi connectivity index (χ4v) is 1.76. The average molecular weight is 325 g/mol. The second kappa shape index (κ2) is 7.08. The van der Waals surface area contributed by atoms with Gasteiger partial charge in [0.05, 0.1) is 23.7 Å². The molecule has 1 aromatic rings. The van der Waals surface area contributed by atoms with Gasteiger partial charge in [-0.3, -0.25) is 14.9 Å². The highest BCUT2D eigenvalue weighted by Crippen LogP contribution is 2.35. The van der Waals surface area contributed by atoms with E-state index >= 15 is 0 Å². The number of methoxy groups -OCH3 is 1. The topological polar surface area (TPSA) is 105 Å². The van der Waals surface area contributed by atoms with Crippen molar-refractivity contribution in [3.05, 3.63) is 27.8 Å². The van der Waals surface area contributed by atoms with E-state index in [1.54, 1.807) is 20.8 Å². The zero-order chi connectivity index (χ0) is 17.8. The smallest absolute Gasteiger partial charge is 0.344 e. The van der Waals surface area contributed by atoms with E-state index in [1.807, 2.05) is 0 Å². The number of nitro groups is 1. The molecule has 0 saturated carbocycles. The number of Topliss-reactive ketones (excluding diaryl/α,β-unsaturated/α-hetero) is 1. The first-order valence-corrected chi connectivity index (χ1v) is 6.77. The number of carbonyl (C=O) groups excluding carboxylic acids is 2. The third kappa shape index (κ3) is 5.24. The van der Waals surface area contributed by atoms with E-state index in [2.05, 4.69) is 0 Å². The Morgan fingerprint density at radius 3 is 2.26 bits per heavy atom. The first-order valence-electron chi connectivity index (χ1n) is 6.77. The molecule has 0 amide bonds. The van der Waals surface area contributed by atoms with Crippen molar-refractivity contribution in [2.45, 2.75) is 33.3 Å². The largest absolute Gasteiger partial charge is 0.493 e. The van der Waals surface area contributed by atoms with Crippen LogP contribution in [0.2, 0.25) is 0 Å². The van der Waals surface area contributed by atoms with Crippen molar-refractivity contribution in [3.8, 4) is 11.5 Å². The minimum absolute atomic E-state index is 0.0185. The maximum Gasteiger partial charge on any atom is 0.344 e. The minimum atomic E-state index is -0.698. The number of carbonyl (C=O) groups is 2. The van der Waals surface area contributed by atoms with Gasteiger partial charge in [0, 0.05) is 6.07 Å². The molecule has 0 aliphatic heterocycles. The Hall–Kier alpha value is -2.64. The Morgan fingerprint density at radius 2 is 1.83 bits per heavy atom. The average Bonchev–Trinajstić information content (AvgIpc) is 2.41. The first kappa shape index (κ1) is 18.4. The molecule has 23 heavy (non-hydrogen) atoms. The highest BCUT2D eigenvalue weighted by atomic mass is 16.6. The summed E-state index contributed by atoms with van der Waals surface area (Å²) in [5, 5.41) is 11.1. The van der Waals surface area contributed by atoms with Crippen molar-refractivity contribution < 1.29 is 28.7 Å². The number of hydrogen-bond acceptors (Lipinski definition) is 7. The summed E-state index contributed by atoms with van der Waals surface area (Å²) in [5.74, 6) is -1.01. The van der Waals surface area contributed by atoms with Crippen LogP contribution >= 0.6 is 0 Å². The van der Waals surface area contributed by atoms with Gasteiger partial charge >= 0.3 is 5.97 Å². The number of ketones is 1. The molecule has 126 valence electrons. The third-order valence-electron chi connectivity index (χ3n) is 2.62. The van der Waals surface area contributed by atoms with Crippen LogP contribution in [0.15, 0.2) is 12.1 Å². The van der Waals surface area contributed by atoms with Gasteiger partial charge in [0.25, 0.3) is 5.69 Å². The molecule has 8 nitrogen and oxygen atoms in total. The fourth-order valence-electron chi connectivity index (χ4n) is 1.76. The van der Waals surface area contributed by atoms with Gasteiger partial charge in [-0.25, -0.2) is 4.79 Å². The molecule has 0 aromatic heterocycles. The summed E-state index contributed by atoms with van der Waals surface area (Å²) >= 11 is 0. The van der Waals surface area contributed by atoms with Gasteiger partial charge in [0.2, 0.25) is 0 Å². The lowest BCUT2D eigenvalue weighted by Gasteiger charge is -2.19. The Balaban J connectivity index is 3.06. The van der Waals surface area contributed by atoms with Gasteiger partial charge in [0.1, 0.15) is 5.60 Å². The molecule has 8 heteroatoms. The molecule has 0 bridgehead atoms.